The molecule has 0 saturated carbocycles. The van der Waals surface area contributed by atoms with Crippen molar-refractivity contribution >= 4 is 5.69 Å². The van der Waals surface area contributed by atoms with Gasteiger partial charge in [-0.05, 0) is 30.7 Å². The molecular weight excluding hydrogens is 265 g/mol. The van der Waals surface area contributed by atoms with Crippen LogP contribution in [-0.2, 0) is 0 Å². The van der Waals surface area contributed by atoms with Crippen LogP contribution in [0, 0.1) is 28.5 Å². The van der Waals surface area contributed by atoms with Crippen molar-refractivity contribution in [2.45, 2.75) is 19.4 Å². The molecule has 2 rings (SSSR count). The van der Waals surface area contributed by atoms with E-state index in [0.29, 0.717) is 28.8 Å². The highest BCUT2D eigenvalue weighted by Gasteiger charge is 2.14. The van der Waals surface area contributed by atoms with Crippen LogP contribution < -0.4 is 5.32 Å². The van der Waals surface area contributed by atoms with Crippen LogP contribution in [0.15, 0.2) is 42.5 Å². The molecule has 0 saturated heterocycles. The van der Waals surface area contributed by atoms with Crippen molar-refractivity contribution in [1.29, 1.82) is 10.5 Å². The van der Waals surface area contributed by atoms with E-state index in [4.69, 9.17) is 10.5 Å². The van der Waals surface area contributed by atoms with Gasteiger partial charge >= 0.3 is 0 Å². The molecule has 0 aliphatic heterocycles. The molecule has 0 bridgehead atoms. The number of hydrogen-bond donors (Lipinski definition) is 1. The van der Waals surface area contributed by atoms with Crippen molar-refractivity contribution in [1.82, 2.24) is 0 Å². The summed E-state index contributed by atoms with van der Waals surface area (Å²) in [4.78, 5) is 0. The summed E-state index contributed by atoms with van der Waals surface area (Å²) in [6.07, 6.45) is 0.697. The van der Waals surface area contributed by atoms with Gasteiger partial charge in [0, 0.05) is 11.3 Å². The summed E-state index contributed by atoms with van der Waals surface area (Å²) in [7, 11) is 0. The second-order valence-corrected chi connectivity index (χ2v) is 4.61. The van der Waals surface area contributed by atoms with E-state index in [1.54, 1.807) is 36.4 Å². The van der Waals surface area contributed by atoms with E-state index in [0.717, 1.165) is 0 Å². The number of nitriles is 2. The van der Waals surface area contributed by atoms with Crippen LogP contribution in [0.25, 0.3) is 0 Å². The maximum Gasteiger partial charge on any atom is 0.128 e. The second-order valence-electron chi connectivity index (χ2n) is 4.61. The van der Waals surface area contributed by atoms with E-state index in [1.165, 1.54) is 6.07 Å². The van der Waals surface area contributed by atoms with Crippen molar-refractivity contribution in [3.05, 3.63) is 65.0 Å². The van der Waals surface area contributed by atoms with Gasteiger partial charge in [-0.1, -0.05) is 25.1 Å². The normalized spacial score (nSPS) is 11.2. The van der Waals surface area contributed by atoms with Gasteiger partial charge in [-0.3, -0.25) is 0 Å². The van der Waals surface area contributed by atoms with Crippen LogP contribution >= 0.6 is 0 Å². The van der Waals surface area contributed by atoms with E-state index < -0.39 is 0 Å². The number of benzene rings is 2. The van der Waals surface area contributed by atoms with E-state index in [9.17, 15) is 4.39 Å². The molecule has 0 aliphatic carbocycles. The molecule has 0 aromatic heterocycles. The summed E-state index contributed by atoms with van der Waals surface area (Å²) in [6.45, 7) is 1.96. The molecule has 0 amide bonds. The molecule has 2 aromatic rings. The first-order valence-corrected chi connectivity index (χ1v) is 6.64. The third-order valence-corrected chi connectivity index (χ3v) is 3.29. The van der Waals surface area contributed by atoms with Gasteiger partial charge in [-0.15, -0.1) is 0 Å². The first-order chi connectivity index (χ1) is 10.2. The Bertz CT molecular complexity index is 726. The topological polar surface area (TPSA) is 59.6 Å². The molecule has 2 aromatic carbocycles. The Labute approximate surface area is 123 Å². The third-order valence-electron chi connectivity index (χ3n) is 3.29. The lowest BCUT2D eigenvalue weighted by Crippen LogP contribution is -2.11. The Kier molecular flexibility index (Phi) is 4.53. The number of halogens is 1. The van der Waals surface area contributed by atoms with E-state index in [-0.39, 0.29) is 11.9 Å². The third kappa shape index (κ3) is 3.19. The zero-order valence-electron chi connectivity index (χ0n) is 11.6. The fourth-order valence-corrected chi connectivity index (χ4v) is 2.18. The molecule has 104 valence electrons. The van der Waals surface area contributed by atoms with Gasteiger partial charge in [0.2, 0.25) is 0 Å². The summed E-state index contributed by atoms with van der Waals surface area (Å²) in [5.74, 6) is -0.258. The molecule has 0 fully saturated rings. The average molecular weight is 279 g/mol. The average Bonchev–Trinajstić information content (AvgIpc) is 2.53. The molecule has 0 radical (unpaired) electrons. The predicted octanol–water partition coefficient (Wildman–Crippen LogP) is 4.13. The molecule has 0 spiro atoms. The largest absolute Gasteiger partial charge is 0.378 e. The van der Waals surface area contributed by atoms with Gasteiger partial charge in [0.05, 0.1) is 17.2 Å². The number of anilines is 1. The van der Waals surface area contributed by atoms with E-state index >= 15 is 0 Å². The molecule has 4 heteroatoms. The van der Waals surface area contributed by atoms with Gasteiger partial charge in [0.15, 0.2) is 0 Å². The lowest BCUT2D eigenvalue weighted by Gasteiger charge is -2.19. The van der Waals surface area contributed by atoms with Crippen molar-refractivity contribution in [3.63, 3.8) is 0 Å². The Morgan fingerprint density at radius 1 is 1.10 bits per heavy atom. The summed E-state index contributed by atoms with van der Waals surface area (Å²) in [5.41, 5.74) is 1.93. The SMILES string of the molecule is CCC(Nc1ccc(C#N)c(C#N)c1)c1ccccc1F. The van der Waals surface area contributed by atoms with Gasteiger partial charge in [0.1, 0.15) is 18.0 Å². The lowest BCUT2D eigenvalue weighted by molar-refractivity contribution is 0.587. The smallest absolute Gasteiger partial charge is 0.128 e. The lowest BCUT2D eigenvalue weighted by atomic mass is 10.0. The molecule has 1 unspecified atom stereocenters. The highest BCUT2D eigenvalue weighted by Crippen LogP contribution is 2.25. The number of nitrogens with zero attached hydrogens (tertiary/aromatic N) is 2. The van der Waals surface area contributed by atoms with Crippen molar-refractivity contribution in [2.24, 2.45) is 0 Å². The zero-order chi connectivity index (χ0) is 15.2. The van der Waals surface area contributed by atoms with Crippen molar-refractivity contribution < 1.29 is 4.39 Å². The van der Waals surface area contributed by atoms with E-state index in [2.05, 4.69) is 5.32 Å². The van der Waals surface area contributed by atoms with Gasteiger partial charge in [-0.2, -0.15) is 10.5 Å². The second kappa shape index (κ2) is 6.54. The van der Waals surface area contributed by atoms with Crippen LogP contribution in [0.3, 0.4) is 0 Å². The fraction of sp³-hybridized carbons (Fsp3) is 0.176. The predicted molar refractivity (Wildman–Crippen MR) is 78.9 cm³/mol. The molecule has 3 nitrogen and oxygen atoms in total. The van der Waals surface area contributed by atoms with Crippen molar-refractivity contribution in [2.75, 3.05) is 5.32 Å². The highest BCUT2D eigenvalue weighted by atomic mass is 19.1. The minimum atomic E-state index is -0.258. The minimum absolute atomic E-state index is 0.189. The van der Waals surface area contributed by atoms with Gasteiger partial charge in [-0.25, -0.2) is 4.39 Å². The fourth-order valence-electron chi connectivity index (χ4n) is 2.18. The summed E-state index contributed by atoms with van der Waals surface area (Å²) in [5, 5.41) is 21.2. The monoisotopic (exact) mass is 279 g/mol. The number of rotatable bonds is 4. The minimum Gasteiger partial charge on any atom is -0.378 e. The summed E-state index contributed by atoms with van der Waals surface area (Å²) >= 11 is 0. The zero-order valence-corrected chi connectivity index (χ0v) is 11.6. The van der Waals surface area contributed by atoms with E-state index in [1.807, 2.05) is 19.1 Å². The van der Waals surface area contributed by atoms with Crippen LogP contribution in [0.2, 0.25) is 0 Å². The molecule has 0 heterocycles. The van der Waals surface area contributed by atoms with Gasteiger partial charge in [0.25, 0.3) is 0 Å². The van der Waals surface area contributed by atoms with Crippen LogP contribution in [0.4, 0.5) is 10.1 Å². The Morgan fingerprint density at radius 2 is 1.81 bits per heavy atom. The van der Waals surface area contributed by atoms with Crippen LogP contribution in [-0.4, -0.2) is 0 Å². The summed E-state index contributed by atoms with van der Waals surface area (Å²) in [6, 6.07) is 15.3. The van der Waals surface area contributed by atoms with Crippen LogP contribution in [0.5, 0.6) is 0 Å². The quantitative estimate of drug-likeness (QED) is 0.915. The first-order valence-electron chi connectivity index (χ1n) is 6.64. The number of hydrogen-bond acceptors (Lipinski definition) is 3. The molecule has 21 heavy (non-hydrogen) atoms. The summed E-state index contributed by atoms with van der Waals surface area (Å²) < 4.78 is 13.9. The maximum atomic E-state index is 13.9. The first kappa shape index (κ1) is 14.6. The Hall–Kier alpha value is -2.85. The molecular formula is C17H14FN3. The molecule has 1 atom stereocenters. The molecule has 1 N–H and O–H groups in total. The Balaban J connectivity index is 2.30. The van der Waals surface area contributed by atoms with Crippen molar-refractivity contribution in [3.8, 4) is 12.1 Å². The van der Waals surface area contributed by atoms with Gasteiger partial charge < -0.3 is 5.32 Å². The number of nitrogens with one attached hydrogen (secondary N) is 1. The highest BCUT2D eigenvalue weighted by molar-refractivity contribution is 5.57. The maximum absolute atomic E-state index is 13.9. The standard InChI is InChI=1S/C17H14FN3/c1-2-17(15-5-3-4-6-16(15)18)21-14-8-7-12(10-19)13(9-14)11-20/h3-9,17,21H,2H2,1H3. The Morgan fingerprint density at radius 3 is 2.43 bits per heavy atom. The molecule has 0 aliphatic rings. The van der Waals surface area contributed by atoms with Crippen LogP contribution in [0.1, 0.15) is 36.1 Å².